The summed E-state index contributed by atoms with van der Waals surface area (Å²) >= 11 is 0. The molecule has 3 N–H and O–H groups in total. The fraction of sp³-hybridized carbons (Fsp3) is 0.143. The van der Waals surface area contributed by atoms with Gasteiger partial charge in [-0.25, -0.2) is 22.6 Å². The van der Waals surface area contributed by atoms with Crippen molar-refractivity contribution in [2.45, 2.75) is 5.75 Å². The molecule has 2 aromatic carbocycles. The van der Waals surface area contributed by atoms with Crippen LogP contribution >= 0.6 is 0 Å². The summed E-state index contributed by atoms with van der Waals surface area (Å²) in [6.07, 6.45) is 3.89. The predicted molar refractivity (Wildman–Crippen MR) is 117 cm³/mol. The van der Waals surface area contributed by atoms with Crippen molar-refractivity contribution in [1.82, 2.24) is 0 Å². The van der Waals surface area contributed by atoms with E-state index in [-0.39, 0.29) is 39.8 Å². The first-order valence-corrected chi connectivity index (χ1v) is 10.6. The van der Waals surface area contributed by atoms with Crippen LogP contribution in [0.4, 0.5) is 23.2 Å². The van der Waals surface area contributed by atoms with Crippen LogP contribution in [0.1, 0.15) is 11.1 Å². The molecule has 32 heavy (non-hydrogen) atoms. The van der Waals surface area contributed by atoms with Crippen LogP contribution in [0, 0.1) is 28.9 Å². The first-order valence-electron chi connectivity index (χ1n) is 8.86. The smallest absolute Gasteiger partial charge is 0.212 e. The van der Waals surface area contributed by atoms with E-state index in [2.05, 4.69) is 21.3 Å². The molecular weight excluding hydrogens is 446 g/mol. The zero-order valence-electron chi connectivity index (χ0n) is 17.1. The first kappa shape index (κ1) is 24.6. The third-order valence-electron chi connectivity index (χ3n) is 3.99. The number of rotatable bonds is 8. The number of anilines is 1. The first-order chi connectivity index (χ1) is 15.2. The molecule has 0 radical (unpaired) electrons. The van der Waals surface area contributed by atoms with Crippen LogP contribution in [0.25, 0.3) is 0 Å². The Morgan fingerprint density at radius 2 is 2.03 bits per heavy atom. The van der Waals surface area contributed by atoms with Crippen LogP contribution < -0.4 is 15.8 Å². The number of nitrogens with zero attached hydrogens (tertiary/aromatic N) is 3. The Labute approximate surface area is 184 Å². The number of ether oxygens (including phenoxy) is 1. The van der Waals surface area contributed by atoms with E-state index in [1.165, 1.54) is 19.2 Å². The summed E-state index contributed by atoms with van der Waals surface area (Å²) in [5.74, 6) is -3.89. The molecule has 0 aromatic heterocycles. The third kappa shape index (κ3) is 6.18. The average Bonchev–Trinajstić information content (AvgIpc) is 2.75. The Balaban J connectivity index is 2.43. The molecule has 6 nitrogen and oxygen atoms in total. The van der Waals surface area contributed by atoms with Gasteiger partial charge in [0.2, 0.25) is 6.19 Å². The molecule has 0 fully saturated rings. The van der Waals surface area contributed by atoms with Crippen molar-refractivity contribution in [2.24, 2.45) is 15.1 Å². The SMILES string of the molecule is C=C(/N=C(\C(F)=C/N)c1ccc(F)cc1OC)Nc1cc(F)c(F)c(CS(C)=NC#N)c1. The lowest BCUT2D eigenvalue weighted by atomic mass is 10.1. The van der Waals surface area contributed by atoms with Gasteiger partial charge in [0, 0.05) is 40.9 Å². The van der Waals surface area contributed by atoms with E-state index >= 15 is 0 Å². The maximum absolute atomic E-state index is 14.4. The van der Waals surface area contributed by atoms with Crippen molar-refractivity contribution in [1.29, 1.82) is 5.26 Å². The highest BCUT2D eigenvalue weighted by atomic mass is 32.2. The Morgan fingerprint density at radius 3 is 2.66 bits per heavy atom. The number of hydrogen-bond donors (Lipinski definition) is 2. The van der Waals surface area contributed by atoms with Crippen LogP contribution in [-0.4, -0.2) is 19.1 Å². The maximum Gasteiger partial charge on any atom is 0.212 e. The summed E-state index contributed by atoms with van der Waals surface area (Å²) in [4.78, 5) is 4.03. The van der Waals surface area contributed by atoms with Gasteiger partial charge >= 0.3 is 0 Å². The Morgan fingerprint density at radius 1 is 1.31 bits per heavy atom. The van der Waals surface area contributed by atoms with Gasteiger partial charge in [-0.1, -0.05) is 17.3 Å². The fourth-order valence-electron chi connectivity index (χ4n) is 2.66. The number of halogens is 4. The molecule has 0 amide bonds. The van der Waals surface area contributed by atoms with E-state index in [4.69, 9.17) is 15.7 Å². The summed E-state index contributed by atoms with van der Waals surface area (Å²) in [6, 6.07) is 5.56. The van der Waals surface area contributed by atoms with Crippen LogP contribution in [0.3, 0.4) is 0 Å². The lowest BCUT2D eigenvalue weighted by Crippen LogP contribution is -2.09. The number of nitriles is 1. The molecule has 1 atom stereocenters. The molecule has 1 unspecified atom stereocenters. The van der Waals surface area contributed by atoms with Crippen molar-refractivity contribution < 1.29 is 22.3 Å². The lowest BCUT2D eigenvalue weighted by molar-refractivity contribution is 0.410. The molecule has 0 spiro atoms. The minimum Gasteiger partial charge on any atom is -0.496 e. The second-order valence-corrected chi connectivity index (χ2v) is 7.93. The van der Waals surface area contributed by atoms with E-state index in [9.17, 15) is 17.6 Å². The molecule has 0 aliphatic heterocycles. The Kier molecular flexibility index (Phi) is 8.54. The molecule has 0 saturated carbocycles. The third-order valence-corrected chi connectivity index (χ3v) is 5.11. The van der Waals surface area contributed by atoms with Crippen LogP contribution in [-0.2, 0) is 16.4 Å². The van der Waals surface area contributed by atoms with Crippen molar-refractivity contribution >= 4 is 22.1 Å². The second-order valence-electron chi connectivity index (χ2n) is 6.26. The number of hydrogen-bond acceptors (Lipinski definition) is 6. The quantitative estimate of drug-likeness (QED) is 0.337. The number of nitrogens with two attached hydrogens (primary N) is 1. The van der Waals surface area contributed by atoms with Gasteiger partial charge in [-0.05, 0) is 24.5 Å². The van der Waals surface area contributed by atoms with Crippen LogP contribution in [0.2, 0.25) is 0 Å². The van der Waals surface area contributed by atoms with Crippen LogP contribution in [0.15, 0.2) is 64.1 Å². The standard InChI is InChI=1S/C21H19F4N5OS/c1-12(29-15-6-13(10-32(3)28-11-27)20(25)17(23)8-15)30-21(18(24)9-26)16-5-4-14(22)7-19(16)31-2/h4-9,29H,1,10,26H2,2-3H3/b18-9+,30-21-. The minimum absolute atomic E-state index is 0.000106. The van der Waals surface area contributed by atoms with Gasteiger partial charge < -0.3 is 15.8 Å². The highest BCUT2D eigenvalue weighted by Crippen LogP contribution is 2.26. The number of aliphatic imine (C=N–C) groups is 1. The summed E-state index contributed by atoms with van der Waals surface area (Å²) in [5, 5.41) is 11.3. The summed E-state index contributed by atoms with van der Waals surface area (Å²) in [5.41, 5.74) is 5.14. The number of allylic oxidation sites excluding steroid dienone is 1. The molecule has 2 aromatic rings. The highest BCUT2D eigenvalue weighted by molar-refractivity contribution is 7.85. The Bertz CT molecular complexity index is 1170. The summed E-state index contributed by atoms with van der Waals surface area (Å²) in [6.45, 7) is 3.65. The van der Waals surface area contributed by atoms with Gasteiger partial charge in [-0.2, -0.15) is 9.62 Å². The van der Waals surface area contributed by atoms with Crippen molar-refractivity contribution in [3.8, 4) is 11.9 Å². The zero-order chi connectivity index (χ0) is 23.8. The van der Waals surface area contributed by atoms with Crippen LogP contribution in [0.5, 0.6) is 5.75 Å². The lowest BCUT2D eigenvalue weighted by Gasteiger charge is -2.13. The topological polar surface area (TPSA) is 95.8 Å². The van der Waals surface area contributed by atoms with E-state index in [1.54, 1.807) is 12.4 Å². The maximum atomic E-state index is 14.4. The van der Waals surface area contributed by atoms with Gasteiger partial charge in [0.05, 0.1) is 7.11 Å². The van der Waals surface area contributed by atoms with E-state index in [0.29, 0.717) is 6.20 Å². The molecule has 2 rings (SSSR count). The second kappa shape index (κ2) is 11.1. The normalized spacial score (nSPS) is 12.9. The monoisotopic (exact) mass is 465 g/mol. The molecule has 0 bridgehead atoms. The van der Waals surface area contributed by atoms with Crippen molar-refractivity contribution in [3.63, 3.8) is 0 Å². The largest absolute Gasteiger partial charge is 0.496 e. The molecule has 0 heterocycles. The molecule has 0 saturated heterocycles. The van der Waals surface area contributed by atoms with Gasteiger partial charge in [-0.15, -0.1) is 0 Å². The minimum atomic E-state index is -1.14. The molecule has 0 aliphatic carbocycles. The Hall–Kier alpha value is -3.65. The van der Waals surface area contributed by atoms with Gasteiger partial charge in [0.1, 0.15) is 23.1 Å². The molecule has 168 valence electrons. The van der Waals surface area contributed by atoms with E-state index in [1.807, 2.05) is 0 Å². The average molecular weight is 465 g/mol. The van der Waals surface area contributed by atoms with Gasteiger partial charge in [-0.3, -0.25) is 0 Å². The van der Waals surface area contributed by atoms with Crippen molar-refractivity contribution in [2.75, 3.05) is 18.7 Å². The zero-order valence-corrected chi connectivity index (χ0v) is 17.9. The molecule has 11 heteroatoms. The molecule has 0 aliphatic rings. The van der Waals surface area contributed by atoms with Gasteiger partial charge in [0.25, 0.3) is 0 Å². The fourth-order valence-corrected chi connectivity index (χ4v) is 3.53. The highest BCUT2D eigenvalue weighted by Gasteiger charge is 2.17. The number of nitrogens with one attached hydrogen (secondary N) is 1. The summed E-state index contributed by atoms with van der Waals surface area (Å²) in [7, 11) is 0.430. The molecular formula is C21H19F4N5OS. The van der Waals surface area contributed by atoms with Crippen molar-refractivity contribution in [3.05, 3.63) is 83.3 Å². The van der Waals surface area contributed by atoms with E-state index < -0.39 is 34.0 Å². The number of methoxy groups -OCH3 is 1. The van der Waals surface area contributed by atoms with E-state index in [0.717, 1.165) is 18.2 Å². The summed E-state index contributed by atoms with van der Waals surface area (Å²) < 4.78 is 64.8. The number of benzene rings is 2. The predicted octanol–water partition coefficient (Wildman–Crippen LogP) is 4.67. The van der Waals surface area contributed by atoms with Gasteiger partial charge in [0.15, 0.2) is 17.5 Å².